The Morgan fingerprint density at radius 3 is 2.61 bits per heavy atom. The summed E-state index contributed by atoms with van der Waals surface area (Å²) in [5, 5.41) is 10.5. The van der Waals surface area contributed by atoms with Crippen molar-refractivity contribution in [1.29, 1.82) is 0 Å². The first-order chi connectivity index (χ1) is 11.2. The molecule has 0 aliphatic carbocycles. The molecule has 1 amide bonds. The predicted molar refractivity (Wildman–Crippen MR) is 93.6 cm³/mol. The molecule has 5 nitrogen and oxygen atoms in total. The van der Waals surface area contributed by atoms with Gasteiger partial charge in [-0.3, -0.25) is 10.1 Å². The highest BCUT2D eigenvalue weighted by atomic mass is 79.9. The van der Waals surface area contributed by atoms with Crippen molar-refractivity contribution in [3.63, 3.8) is 0 Å². The van der Waals surface area contributed by atoms with Gasteiger partial charge in [-0.2, -0.15) is 0 Å². The molecule has 3 aromatic rings. The van der Waals surface area contributed by atoms with Crippen molar-refractivity contribution >= 4 is 39.6 Å². The van der Waals surface area contributed by atoms with Crippen LogP contribution in [-0.2, 0) is 0 Å². The lowest BCUT2D eigenvalue weighted by Gasteiger charge is -2.05. The van der Waals surface area contributed by atoms with E-state index in [1.54, 1.807) is 6.07 Å². The lowest BCUT2D eigenvalue weighted by Crippen LogP contribution is -2.13. The first kappa shape index (κ1) is 15.8. The molecule has 0 spiro atoms. The molecule has 2 aromatic carbocycles. The second-order valence-electron chi connectivity index (χ2n) is 4.57. The van der Waals surface area contributed by atoms with Gasteiger partial charge >= 0.3 is 6.01 Å². The van der Waals surface area contributed by atoms with Crippen LogP contribution in [0, 0.1) is 0 Å². The Kier molecular flexibility index (Phi) is 4.78. The van der Waals surface area contributed by atoms with E-state index in [2.05, 4.69) is 31.4 Å². The topological polar surface area (TPSA) is 68.0 Å². The van der Waals surface area contributed by atoms with Gasteiger partial charge < -0.3 is 4.42 Å². The molecule has 0 saturated carbocycles. The molecule has 0 bridgehead atoms. The SMILES string of the molecule is CSc1ccccc1C(=O)Nc1nnc(-c2ccc(Br)cc2)o1. The minimum absolute atomic E-state index is 0.0730. The van der Waals surface area contributed by atoms with Gasteiger partial charge in [-0.1, -0.05) is 33.2 Å². The maximum Gasteiger partial charge on any atom is 0.322 e. The average Bonchev–Trinajstić information content (AvgIpc) is 3.04. The number of hydrogen-bond acceptors (Lipinski definition) is 5. The number of aromatic nitrogens is 2. The van der Waals surface area contributed by atoms with Gasteiger partial charge in [0, 0.05) is 14.9 Å². The number of amides is 1. The van der Waals surface area contributed by atoms with Gasteiger partial charge in [0.1, 0.15) is 0 Å². The summed E-state index contributed by atoms with van der Waals surface area (Å²) >= 11 is 4.88. The zero-order valence-corrected chi connectivity index (χ0v) is 14.5. The predicted octanol–water partition coefficient (Wildman–Crippen LogP) is 4.47. The van der Waals surface area contributed by atoms with E-state index in [4.69, 9.17) is 4.42 Å². The van der Waals surface area contributed by atoms with Crippen molar-refractivity contribution in [2.45, 2.75) is 4.90 Å². The van der Waals surface area contributed by atoms with Crippen molar-refractivity contribution in [2.24, 2.45) is 0 Å². The van der Waals surface area contributed by atoms with Crippen LogP contribution in [-0.4, -0.2) is 22.4 Å². The summed E-state index contributed by atoms with van der Waals surface area (Å²) in [6.07, 6.45) is 1.92. The summed E-state index contributed by atoms with van der Waals surface area (Å²) in [5.41, 5.74) is 1.36. The summed E-state index contributed by atoms with van der Waals surface area (Å²) in [6.45, 7) is 0. The fourth-order valence-corrected chi connectivity index (χ4v) is 2.84. The van der Waals surface area contributed by atoms with Crippen LogP contribution in [0.2, 0.25) is 0 Å². The van der Waals surface area contributed by atoms with Gasteiger partial charge in [0.15, 0.2) is 0 Å². The molecule has 0 aliphatic heterocycles. The minimum Gasteiger partial charge on any atom is -0.403 e. The van der Waals surface area contributed by atoms with Crippen LogP contribution in [0.5, 0.6) is 0 Å². The zero-order valence-electron chi connectivity index (χ0n) is 12.1. The fraction of sp³-hybridized carbons (Fsp3) is 0.0625. The number of benzene rings is 2. The van der Waals surface area contributed by atoms with Crippen molar-refractivity contribution in [1.82, 2.24) is 10.2 Å². The molecular weight excluding hydrogens is 378 g/mol. The molecule has 116 valence electrons. The van der Waals surface area contributed by atoms with E-state index in [1.165, 1.54) is 11.8 Å². The molecule has 3 rings (SSSR count). The molecule has 0 aliphatic rings. The van der Waals surface area contributed by atoms with E-state index in [0.29, 0.717) is 11.5 Å². The Morgan fingerprint density at radius 2 is 1.87 bits per heavy atom. The molecule has 23 heavy (non-hydrogen) atoms. The molecule has 1 N–H and O–H groups in total. The van der Waals surface area contributed by atoms with Gasteiger partial charge in [0.25, 0.3) is 5.91 Å². The highest BCUT2D eigenvalue weighted by Crippen LogP contribution is 2.24. The van der Waals surface area contributed by atoms with Crippen molar-refractivity contribution < 1.29 is 9.21 Å². The van der Waals surface area contributed by atoms with E-state index >= 15 is 0 Å². The summed E-state index contributed by atoms with van der Waals surface area (Å²) < 4.78 is 6.46. The summed E-state index contributed by atoms with van der Waals surface area (Å²) in [5.74, 6) is 0.0758. The van der Waals surface area contributed by atoms with E-state index in [-0.39, 0.29) is 11.9 Å². The van der Waals surface area contributed by atoms with E-state index in [1.807, 2.05) is 48.7 Å². The van der Waals surface area contributed by atoms with Crippen LogP contribution in [0.15, 0.2) is 62.3 Å². The number of thioether (sulfide) groups is 1. The second kappa shape index (κ2) is 6.97. The van der Waals surface area contributed by atoms with Gasteiger partial charge in [-0.15, -0.1) is 16.9 Å². The number of halogens is 1. The Morgan fingerprint density at radius 1 is 1.13 bits per heavy atom. The number of hydrogen-bond donors (Lipinski definition) is 1. The largest absolute Gasteiger partial charge is 0.403 e. The third-order valence-corrected chi connectivity index (χ3v) is 4.41. The maximum absolute atomic E-state index is 12.3. The number of carbonyl (C=O) groups excluding carboxylic acids is 1. The molecule has 0 saturated heterocycles. The van der Waals surface area contributed by atoms with Gasteiger partial charge in [0.2, 0.25) is 5.89 Å². The molecule has 1 heterocycles. The highest BCUT2D eigenvalue weighted by Gasteiger charge is 2.15. The maximum atomic E-state index is 12.3. The molecular formula is C16H12BrN3O2S. The van der Waals surface area contributed by atoms with Crippen LogP contribution in [0.25, 0.3) is 11.5 Å². The molecule has 0 radical (unpaired) electrons. The number of rotatable bonds is 4. The number of anilines is 1. The van der Waals surface area contributed by atoms with Gasteiger partial charge in [-0.05, 0) is 42.7 Å². The van der Waals surface area contributed by atoms with Crippen molar-refractivity contribution in [3.05, 3.63) is 58.6 Å². The third kappa shape index (κ3) is 3.62. The Bertz CT molecular complexity index is 833. The lowest BCUT2D eigenvalue weighted by molar-refractivity contribution is 0.102. The normalized spacial score (nSPS) is 10.5. The van der Waals surface area contributed by atoms with Crippen molar-refractivity contribution in [2.75, 3.05) is 11.6 Å². The molecule has 0 atom stereocenters. The number of nitrogens with zero attached hydrogens (tertiary/aromatic N) is 2. The Labute approximate surface area is 145 Å². The molecule has 0 fully saturated rings. The van der Waals surface area contributed by atoms with Crippen LogP contribution in [0.4, 0.5) is 6.01 Å². The van der Waals surface area contributed by atoms with Crippen LogP contribution in [0.3, 0.4) is 0 Å². The Balaban J connectivity index is 1.79. The molecule has 0 unspecified atom stereocenters. The number of nitrogens with one attached hydrogen (secondary N) is 1. The monoisotopic (exact) mass is 389 g/mol. The average molecular weight is 390 g/mol. The molecule has 1 aromatic heterocycles. The smallest absolute Gasteiger partial charge is 0.322 e. The second-order valence-corrected chi connectivity index (χ2v) is 6.34. The van der Waals surface area contributed by atoms with Crippen molar-refractivity contribution in [3.8, 4) is 11.5 Å². The van der Waals surface area contributed by atoms with Crippen LogP contribution >= 0.6 is 27.7 Å². The van der Waals surface area contributed by atoms with Gasteiger partial charge in [-0.25, -0.2) is 0 Å². The van der Waals surface area contributed by atoms with E-state index in [0.717, 1.165) is 14.9 Å². The number of carbonyl (C=O) groups is 1. The minimum atomic E-state index is -0.277. The van der Waals surface area contributed by atoms with Crippen LogP contribution < -0.4 is 5.32 Å². The Hall–Kier alpha value is -2.12. The highest BCUT2D eigenvalue weighted by molar-refractivity contribution is 9.10. The molecule has 7 heteroatoms. The summed E-state index contributed by atoms with van der Waals surface area (Å²) in [6, 6.07) is 14.9. The standard InChI is InChI=1S/C16H12BrN3O2S/c1-23-13-5-3-2-4-12(13)14(21)18-16-20-19-15(22-16)10-6-8-11(17)9-7-10/h2-9H,1H3,(H,18,20,21). The zero-order chi connectivity index (χ0) is 16.2. The van der Waals surface area contributed by atoms with E-state index in [9.17, 15) is 4.79 Å². The third-order valence-electron chi connectivity index (χ3n) is 3.09. The first-order valence-electron chi connectivity index (χ1n) is 6.71. The lowest BCUT2D eigenvalue weighted by atomic mass is 10.2. The van der Waals surface area contributed by atoms with E-state index < -0.39 is 0 Å². The van der Waals surface area contributed by atoms with Crippen LogP contribution in [0.1, 0.15) is 10.4 Å². The van der Waals surface area contributed by atoms with Gasteiger partial charge in [0.05, 0.1) is 5.56 Å². The quantitative estimate of drug-likeness (QED) is 0.666. The summed E-state index contributed by atoms with van der Waals surface area (Å²) in [4.78, 5) is 13.2. The summed E-state index contributed by atoms with van der Waals surface area (Å²) in [7, 11) is 0. The fourth-order valence-electron chi connectivity index (χ4n) is 1.98. The first-order valence-corrected chi connectivity index (χ1v) is 8.73.